The van der Waals surface area contributed by atoms with E-state index in [1.54, 1.807) is 0 Å². The molecule has 1 aromatic carbocycles. The molecule has 0 N–H and O–H groups in total. The van der Waals surface area contributed by atoms with Crippen LogP contribution in [0.4, 0.5) is 0 Å². The average Bonchev–Trinajstić information content (AvgIpc) is 2.36. The predicted molar refractivity (Wildman–Crippen MR) is 61.1 cm³/mol. The Balaban J connectivity index is 2.26. The van der Waals surface area contributed by atoms with Crippen molar-refractivity contribution >= 4 is 5.78 Å². The fourth-order valence-electron chi connectivity index (χ4n) is 1.82. The first kappa shape index (κ1) is 11.0. The van der Waals surface area contributed by atoms with E-state index in [0.29, 0.717) is 19.6 Å². The Morgan fingerprint density at radius 1 is 1.31 bits per heavy atom. The molecular formula is C13H16O3. The van der Waals surface area contributed by atoms with Crippen LogP contribution in [-0.4, -0.2) is 19.0 Å². The summed E-state index contributed by atoms with van der Waals surface area (Å²) in [6.07, 6.45) is 0.565. The molecule has 0 amide bonds. The second-order valence-electron chi connectivity index (χ2n) is 3.94. The van der Waals surface area contributed by atoms with E-state index in [4.69, 9.17) is 9.47 Å². The summed E-state index contributed by atoms with van der Waals surface area (Å²) in [7, 11) is 0. The average molecular weight is 220 g/mol. The van der Waals surface area contributed by atoms with Crippen LogP contribution in [0, 0.1) is 0 Å². The Morgan fingerprint density at radius 3 is 2.69 bits per heavy atom. The molecule has 0 bridgehead atoms. The molecule has 0 saturated heterocycles. The normalized spacial score (nSPS) is 15.6. The van der Waals surface area contributed by atoms with Gasteiger partial charge in [0.2, 0.25) is 0 Å². The second kappa shape index (κ2) is 4.56. The summed E-state index contributed by atoms with van der Waals surface area (Å²) in [5, 5.41) is 0. The minimum Gasteiger partial charge on any atom is -0.486 e. The predicted octanol–water partition coefficient (Wildman–Crippen LogP) is 2.54. The van der Waals surface area contributed by atoms with Gasteiger partial charge in [0.25, 0.3) is 0 Å². The summed E-state index contributed by atoms with van der Waals surface area (Å²) in [5.74, 6) is 1.70. The lowest BCUT2D eigenvalue weighted by molar-refractivity contribution is -0.119. The molecule has 0 spiro atoms. The van der Waals surface area contributed by atoms with E-state index < -0.39 is 0 Å². The zero-order valence-electron chi connectivity index (χ0n) is 9.66. The van der Waals surface area contributed by atoms with Crippen LogP contribution in [0.25, 0.3) is 0 Å². The number of Topliss-reactive ketones (excluding diaryl/α,β-unsaturated/α-hetero) is 1. The van der Waals surface area contributed by atoms with Crippen molar-refractivity contribution in [2.75, 3.05) is 13.2 Å². The number of ether oxygens (including phenoxy) is 2. The first-order chi connectivity index (χ1) is 7.72. The van der Waals surface area contributed by atoms with Gasteiger partial charge in [0.15, 0.2) is 11.5 Å². The van der Waals surface area contributed by atoms with Crippen molar-refractivity contribution in [3.05, 3.63) is 23.8 Å². The Kier molecular flexibility index (Phi) is 3.13. The van der Waals surface area contributed by atoms with Gasteiger partial charge in [0.1, 0.15) is 19.0 Å². The van der Waals surface area contributed by atoms with E-state index in [1.165, 1.54) is 0 Å². The highest BCUT2D eigenvalue weighted by atomic mass is 16.6. The zero-order valence-corrected chi connectivity index (χ0v) is 9.66. The topological polar surface area (TPSA) is 35.5 Å². The summed E-state index contributed by atoms with van der Waals surface area (Å²) >= 11 is 0. The second-order valence-corrected chi connectivity index (χ2v) is 3.94. The molecule has 1 heterocycles. The van der Waals surface area contributed by atoms with Gasteiger partial charge in [-0.1, -0.05) is 19.9 Å². The minimum absolute atomic E-state index is 0.0687. The maximum atomic E-state index is 11.6. The maximum absolute atomic E-state index is 11.6. The molecular weight excluding hydrogens is 204 g/mol. The van der Waals surface area contributed by atoms with Gasteiger partial charge >= 0.3 is 0 Å². The van der Waals surface area contributed by atoms with Crippen molar-refractivity contribution < 1.29 is 14.3 Å². The van der Waals surface area contributed by atoms with Crippen LogP contribution >= 0.6 is 0 Å². The van der Waals surface area contributed by atoms with Gasteiger partial charge in [-0.3, -0.25) is 4.79 Å². The lowest BCUT2D eigenvalue weighted by atomic mass is 9.95. The number of carbonyl (C=O) groups excluding carboxylic acids is 1. The standard InChI is InChI=1S/C13H16O3/c1-3-11(14)9(2)10-4-5-12-13(8-10)16-7-6-15-12/h4-5,8-9H,3,6-7H2,1-2H3. The van der Waals surface area contributed by atoms with Crippen LogP contribution in [0.5, 0.6) is 11.5 Å². The molecule has 0 fully saturated rings. The van der Waals surface area contributed by atoms with Crippen LogP contribution < -0.4 is 9.47 Å². The van der Waals surface area contributed by atoms with Gasteiger partial charge in [0.05, 0.1) is 0 Å². The molecule has 2 rings (SSSR count). The molecule has 3 heteroatoms. The van der Waals surface area contributed by atoms with Crippen LogP contribution in [-0.2, 0) is 4.79 Å². The van der Waals surface area contributed by atoms with Crippen molar-refractivity contribution in [2.45, 2.75) is 26.2 Å². The number of carbonyl (C=O) groups is 1. The molecule has 86 valence electrons. The third kappa shape index (κ3) is 2.03. The lowest BCUT2D eigenvalue weighted by Crippen LogP contribution is -2.16. The largest absolute Gasteiger partial charge is 0.486 e. The van der Waals surface area contributed by atoms with E-state index >= 15 is 0 Å². The number of hydrogen-bond acceptors (Lipinski definition) is 3. The molecule has 3 nitrogen and oxygen atoms in total. The first-order valence-corrected chi connectivity index (χ1v) is 5.64. The van der Waals surface area contributed by atoms with Gasteiger partial charge in [-0.25, -0.2) is 0 Å². The van der Waals surface area contributed by atoms with Gasteiger partial charge in [-0.05, 0) is 17.7 Å². The molecule has 1 unspecified atom stereocenters. The summed E-state index contributed by atoms with van der Waals surface area (Å²) < 4.78 is 10.9. The molecule has 0 aliphatic carbocycles. The highest BCUT2D eigenvalue weighted by Gasteiger charge is 2.17. The van der Waals surface area contributed by atoms with Crippen LogP contribution in [0.2, 0.25) is 0 Å². The zero-order chi connectivity index (χ0) is 11.5. The third-order valence-electron chi connectivity index (χ3n) is 2.90. The summed E-state index contributed by atoms with van der Waals surface area (Å²) in [6, 6.07) is 5.72. The van der Waals surface area contributed by atoms with Gasteiger partial charge < -0.3 is 9.47 Å². The summed E-state index contributed by atoms with van der Waals surface area (Å²) in [4.78, 5) is 11.6. The first-order valence-electron chi connectivity index (χ1n) is 5.64. The van der Waals surface area contributed by atoms with Crippen molar-refractivity contribution in [1.29, 1.82) is 0 Å². The minimum atomic E-state index is -0.0687. The van der Waals surface area contributed by atoms with E-state index in [-0.39, 0.29) is 11.7 Å². The fourth-order valence-corrected chi connectivity index (χ4v) is 1.82. The number of fused-ring (bicyclic) bond motifs is 1. The molecule has 1 aliphatic heterocycles. The molecule has 0 radical (unpaired) electrons. The van der Waals surface area contributed by atoms with Crippen LogP contribution in [0.3, 0.4) is 0 Å². The van der Waals surface area contributed by atoms with Gasteiger partial charge in [0, 0.05) is 12.3 Å². The molecule has 16 heavy (non-hydrogen) atoms. The molecule has 1 aliphatic rings. The van der Waals surface area contributed by atoms with Crippen molar-refractivity contribution in [2.24, 2.45) is 0 Å². The quantitative estimate of drug-likeness (QED) is 0.785. The van der Waals surface area contributed by atoms with Gasteiger partial charge in [-0.15, -0.1) is 0 Å². The van der Waals surface area contributed by atoms with E-state index in [1.807, 2.05) is 32.0 Å². The highest BCUT2D eigenvalue weighted by Crippen LogP contribution is 2.33. The van der Waals surface area contributed by atoms with E-state index in [2.05, 4.69) is 0 Å². The number of rotatable bonds is 3. The van der Waals surface area contributed by atoms with E-state index in [9.17, 15) is 4.79 Å². The van der Waals surface area contributed by atoms with Crippen molar-refractivity contribution in [1.82, 2.24) is 0 Å². The summed E-state index contributed by atoms with van der Waals surface area (Å²) in [5.41, 5.74) is 0.996. The highest BCUT2D eigenvalue weighted by molar-refractivity contribution is 5.85. The van der Waals surface area contributed by atoms with Crippen LogP contribution in [0.15, 0.2) is 18.2 Å². The Morgan fingerprint density at radius 2 is 2.00 bits per heavy atom. The molecule has 1 atom stereocenters. The van der Waals surface area contributed by atoms with E-state index in [0.717, 1.165) is 17.1 Å². The monoisotopic (exact) mass is 220 g/mol. The van der Waals surface area contributed by atoms with Crippen molar-refractivity contribution in [3.63, 3.8) is 0 Å². The maximum Gasteiger partial charge on any atom is 0.161 e. The molecule has 0 saturated carbocycles. The number of ketones is 1. The third-order valence-corrected chi connectivity index (χ3v) is 2.90. The fraction of sp³-hybridized carbons (Fsp3) is 0.462. The Hall–Kier alpha value is -1.51. The van der Waals surface area contributed by atoms with Crippen LogP contribution in [0.1, 0.15) is 31.7 Å². The summed E-state index contributed by atoms with van der Waals surface area (Å²) in [6.45, 7) is 4.98. The smallest absolute Gasteiger partial charge is 0.161 e. The Bertz CT molecular complexity index is 398. The molecule has 1 aromatic rings. The SMILES string of the molecule is CCC(=O)C(C)c1ccc2c(c1)OCCO2. The Labute approximate surface area is 95.4 Å². The van der Waals surface area contributed by atoms with Crippen molar-refractivity contribution in [3.8, 4) is 11.5 Å². The van der Waals surface area contributed by atoms with Gasteiger partial charge in [-0.2, -0.15) is 0 Å². The number of hydrogen-bond donors (Lipinski definition) is 0. The molecule has 0 aromatic heterocycles. The lowest BCUT2D eigenvalue weighted by Gasteiger charge is -2.20. The number of benzene rings is 1.